The van der Waals surface area contributed by atoms with Gasteiger partial charge in [0.25, 0.3) is 0 Å². The predicted molar refractivity (Wildman–Crippen MR) is 72.7 cm³/mol. The molecule has 0 heterocycles. The molecule has 1 saturated carbocycles. The first-order chi connectivity index (χ1) is 12.7. The van der Waals surface area contributed by atoms with Gasteiger partial charge in [0, 0.05) is 5.25 Å². The minimum atomic E-state index is -7.97. The minimum Gasteiger partial charge on any atom is -0.253 e. The van der Waals surface area contributed by atoms with Crippen molar-refractivity contribution in [2.75, 3.05) is 0 Å². The zero-order valence-electron chi connectivity index (χ0n) is 13.7. The van der Waals surface area contributed by atoms with Gasteiger partial charge in [-0.25, -0.2) is 0 Å². The van der Waals surface area contributed by atoms with Crippen LogP contribution in [0, 0.1) is 11.8 Å². The van der Waals surface area contributed by atoms with E-state index >= 15 is 0 Å². The first-order valence-corrected chi connectivity index (χ1v) is 8.99. The van der Waals surface area contributed by atoms with Crippen LogP contribution in [0.3, 0.4) is 0 Å². The highest BCUT2D eigenvalue weighted by atomic mass is 32.2. The summed E-state index contributed by atoms with van der Waals surface area (Å²) in [5, 5.41) is -8.43. The Morgan fingerprint density at radius 3 is 1.48 bits per heavy atom. The summed E-state index contributed by atoms with van der Waals surface area (Å²) in [6, 6.07) is 0. The molecule has 0 N–H and O–H groups in total. The quantitative estimate of drug-likeness (QED) is 0.352. The maximum atomic E-state index is 14.0. The summed E-state index contributed by atoms with van der Waals surface area (Å²) in [7, 11) is -4.29. The molecule has 0 aromatic heterocycles. The fraction of sp³-hybridized carbons (Fsp3) is 0.857. The van der Waals surface area contributed by atoms with Crippen LogP contribution in [0.15, 0.2) is 12.2 Å². The molecule has 0 aliphatic heterocycles. The van der Waals surface area contributed by atoms with Crippen LogP contribution in [0.2, 0.25) is 0 Å². The average molecular weight is 474 g/mol. The van der Waals surface area contributed by atoms with Gasteiger partial charge >= 0.3 is 35.1 Å². The summed E-state index contributed by atoms with van der Waals surface area (Å²) in [4.78, 5) is 0. The van der Waals surface area contributed by atoms with Crippen LogP contribution < -0.4 is 0 Å². The molecule has 3 aliphatic carbocycles. The second kappa shape index (κ2) is 6.74. The molecule has 0 aromatic carbocycles. The van der Waals surface area contributed by atoms with Crippen LogP contribution >= 0.6 is 0 Å². The topological polar surface area (TPSA) is 17.1 Å². The molecule has 0 saturated heterocycles. The van der Waals surface area contributed by atoms with Crippen molar-refractivity contribution in [3.05, 3.63) is 12.2 Å². The predicted octanol–water partition coefficient (Wildman–Crippen LogP) is 5.79. The van der Waals surface area contributed by atoms with Crippen LogP contribution in [-0.4, -0.2) is 44.6 Å². The van der Waals surface area contributed by atoms with Gasteiger partial charge in [-0.15, -0.1) is 0 Å². The molecule has 3 rings (SSSR count). The third-order valence-corrected chi connectivity index (χ3v) is 6.80. The van der Waals surface area contributed by atoms with E-state index in [-0.39, 0.29) is 6.42 Å². The molecule has 0 spiro atoms. The highest BCUT2D eigenvalue weighted by molar-refractivity contribution is 7.86. The van der Waals surface area contributed by atoms with E-state index in [1.54, 1.807) is 0 Å². The zero-order valence-corrected chi connectivity index (χ0v) is 14.6. The lowest BCUT2D eigenvalue weighted by Gasteiger charge is -2.42. The highest BCUT2D eigenvalue weighted by Gasteiger charge is 2.91. The van der Waals surface area contributed by atoms with Gasteiger partial charge in [0.1, 0.15) is 10.8 Å². The molecule has 0 amide bonds. The van der Waals surface area contributed by atoms with Crippen LogP contribution in [-0.2, 0) is 10.8 Å². The molecule has 4 atom stereocenters. The molecule has 0 radical (unpaired) electrons. The second-order valence-electron chi connectivity index (χ2n) is 6.77. The molecule has 0 aromatic rings. The summed E-state index contributed by atoms with van der Waals surface area (Å²) >= 11 is 0. The van der Waals surface area contributed by atoms with E-state index in [2.05, 4.69) is 0 Å². The number of fused-ring (bicyclic) bond motifs is 2. The van der Waals surface area contributed by atoms with Crippen molar-refractivity contribution in [3.63, 3.8) is 0 Å². The van der Waals surface area contributed by atoms with Crippen molar-refractivity contribution in [3.8, 4) is 0 Å². The minimum absolute atomic E-state index is 0.0396. The SMILES string of the molecule is O=S(C1C[C@@H]2C=C[C@H]1CC2)C(F)(F)C(F)(F)C(F)(F)C(F)(F)C(F)(F)C(F)(F)F. The normalized spacial score (nSPS) is 28.0. The summed E-state index contributed by atoms with van der Waals surface area (Å²) < 4.78 is 183. The fourth-order valence-corrected chi connectivity index (χ4v) is 4.92. The Morgan fingerprint density at radius 2 is 1.14 bits per heavy atom. The van der Waals surface area contributed by atoms with E-state index < -0.39 is 69.4 Å². The number of halogens is 13. The van der Waals surface area contributed by atoms with Crippen molar-refractivity contribution >= 4 is 10.8 Å². The molecule has 2 bridgehead atoms. The highest BCUT2D eigenvalue weighted by Crippen LogP contribution is 2.61. The van der Waals surface area contributed by atoms with Crippen molar-refractivity contribution in [2.45, 2.75) is 59.6 Å². The number of rotatable bonds is 6. The van der Waals surface area contributed by atoms with Gasteiger partial charge in [-0.1, -0.05) is 12.2 Å². The first-order valence-electron chi connectivity index (χ1n) is 7.78. The number of allylic oxidation sites excluding steroid dienone is 2. The number of hydrogen-bond donors (Lipinski definition) is 0. The molecule has 1 fully saturated rings. The monoisotopic (exact) mass is 474 g/mol. The summed E-state index contributed by atoms with van der Waals surface area (Å²) in [5.41, 5.74) is 0. The molecule has 29 heavy (non-hydrogen) atoms. The van der Waals surface area contributed by atoms with Crippen LogP contribution in [0.4, 0.5) is 57.1 Å². The lowest BCUT2D eigenvalue weighted by Crippen LogP contribution is -2.71. The van der Waals surface area contributed by atoms with E-state index in [1.165, 1.54) is 12.2 Å². The second-order valence-corrected chi connectivity index (χ2v) is 8.48. The zero-order chi connectivity index (χ0) is 22.8. The maximum absolute atomic E-state index is 14.0. The maximum Gasteiger partial charge on any atom is 0.460 e. The van der Waals surface area contributed by atoms with Crippen LogP contribution in [0.5, 0.6) is 0 Å². The Bertz CT molecular complexity index is 696. The molecular formula is C14H11F13OS. The van der Waals surface area contributed by atoms with E-state index in [9.17, 15) is 61.3 Å². The van der Waals surface area contributed by atoms with Gasteiger partial charge in [-0.2, -0.15) is 57.1 Å². The summed E-state index contributed by atoms with van der Waals surface area (Å²) in [5.74, 6) is -32.7. The molecule has 1 nitrogen and oxygen atoms in total. The van der Waals surface area contributed by atoms with Gasteiger partial charge in [0.2, 0.25) is 0 Å². The summed E-state index contributed by atoms with van der Waals surface area (Å²) in [6.07, 6.45) is -4.86. The van der Waals surface area contributed by atoms with E-state index in [0.29, 0.717) is 6.42 Å². The Labute approximate surface area is 156 Å². The Morgan fingerprint density at radius 1 is 0.655 bits per heavy atom. The molecular weight excluding hydrogens is 463 g/mol. The average Bonchev–Trinajstić information content (AvgIpc) is 2.60. The Kier molecular flexibility index (Phi) is 5.64. The van der Waals surface area contributed by atoms with Crippen molar-refractivity contribution < 1.29 is 61.3 Å². The van der Waals surface area contributed by atoms with Gasteiger partial charge in [0.05, 0.1) is 0 Å². The standard InChI is InChI=1S/C14H11F13OS/c15-9(16,11(19,20)13(23,24)25)10(17,18)12(21,22)14(26,27)29(28)8-5-6-1-3-7(8)4-2-6/h1,3,6-8H,2,4-5H2/t6-,7+,8?,29?/m1/s1. The van der Waals surface area contributed by atoms with Crippen LogP contribution in [0.25, 0.3) is 0 Å². The van der Waals surface area contributed by atoms with Gasteiger partial charge in [-0.3, -0.25) is 4.21 Å². The van der Waals surface area contributed by atoms with E-state index in [1.807, 2.05) is 0 Å². The van der Waals surface area contributed by atoms with Crippen molar-refractivity contribution in [1.82, 2.24) is 0 Å². The van der Waals surface area contributed by atoms with Crippen molar-refractivity contribution in [1.29, 1.82) is 0 Å². The van der Waals surface area contributed by atoms with Crippen LogP contribution in [0.1, 0.15) is 19.3 Å². The number of hydrogen-bond acceptors (Lipinski definition) is 1. The lowest BCUT2D eigenvalue weighted by molar-refractivity contribution is -0.433. The van der Waals surface area contributed by atoms with E-state index in [0.717, 1.165) is 0 Å². The van der Waals surface area contributed by atoms with E-state index in [4.69, 9.17) is 0 Å². The smallest absolute Gasteiger partial charge is 0.253 e. The molecule has 2 unspecified atom stereocenters. The van der Waals surface area contributed by atoms with Gasteiger partial charge in [0.15, 0.2) is 0 Å². The Hall–Kier alpha value is -1.02. The van der Waals surface area contributed by atoms with Gasteiger partial charge in [-0.05, 0) is 31.1 Å². The molecule has 15 heteroatoms. The van der Waals surface area contributed by atoms with Gasteiger partial charge < -0.3 is 0 Å². The first kappa shape index (κ1) is 24.3. The molecule has 170 valence electrons. The fourth-order valence-electron chi connectivity index (χ4n) is 3.20. The lowest BCUT2D eigenvalue weighted by atomic mass is 9.76. The Balaban J connectivity index is 2.45. The largest absolute Gasteiger partial charge is 0.460 e. The third-order valence-electron chi connectivity index (χ3n) is 4.95. The van der Waals surface area contributed by atoms with Crippen molar-refractivity contribution in [2.24, 2.45) is 11.8 Å². The summed E-state index contributed by atoms with van der Waals surface area (Å²) in [6.45, 7) is 0. The third kappa shape index (κ3) is 3.25. The number of alkyl halides is 13. The molecule has 3 aliphatic rings.